The number of aromatic nitrogens is 2. The molecule has 3 N–H and O–H groups in total. The molecule has 0 spiro atoms. The van der Waals surface area contributed by atoms with E-state index >= 15 is 0 Å². The van der Waals surface area contributed by atoms with Crippen LogP contribution in [-0.2, 0) is 6.54 Å². The topological polar surface area (TPSA) is 124 Å². The molecule has 8 heteroatoms. The number of nitrogens with two attached hydrogens (primary N) is 1. The van der Waals surface area contributed by atoms with Crippen molar-refractivity contribution in [2.24, 2.45) is 0 Å². The van der Waals surface area contributed by atoms with Crippen molar-refractivity contribution in [3.63, 3.8) is 0 Å². The first-order chi connectivity index (χ1) is 8.97. The number of H-pyrrole nitrogens is 1. The summed E-state index contributed by atoms with van der Waals surface area (Å²) in [6.45, 7) is 0.0448. The van der Waals surface area contributed by atoms with Crippen LogP contribution in [0, 0.1) is 10.1 Å². The third-order valence-corrected chi connectivity index (χ3v) is 2.57. The molecule has 0 saturated carbocycles. The van der Waals surface area contributed by atoms with Crippen molar-refractivity contribution in [1.82, 2.24) is 9.55 Å². The van der Waals surface area contributed by atoms with Gasteiger partial charge in [0.05, 0.1) is 11.5 Å². The molecule has 1 heterocycles. The Balaban J connectivity index is 2.42. The van der Waals surface area contributed by atoms with Crippen molar-refractivity contribution < 1.29 is 4.92 Å². The second kappa shape index (κ2) is 4.77. The van der Waals surface area contributed by atoms with Crippen LogP contribution >= 0.6 is 0 Å². The van der Waals surface area contributed by atoms with Crippen LogP contribution in [0.2, 0.25) is 0 Å². The summed E-state index contributed by atoms with van der Waals surface area (Å²) in [4.78, 5) is 34.7. The van der Waals surface area contributed by atoms with Crippen LogP contribution in [0.3, 0.4) is 0 Å². The summed E-state index contributed by atoms with van der Waals surface area (Å²) in [7, 11) is 0. The fourth-order valence-electron chi connectivity index (χ4n) is 1.59. The van der Waals surface area contributed by atoms with Gasteiger partial charge in [-0.2, -0.15) is 0 Å². The maximum Gasteiger partial charge on any atom is 0.328 e. The van der Waals surface area contributed by atoms with Gasteiger partial charge in [0.25, 0.3) is 11.2 Å². The number of nitro benzene ring substituents is 1. The van der Waals surface area contributed by atoms with Crippen LogP contribution in [0.25, 0.3) is 0 Å². The zero-order valence-corrected chi connectivity index (χ0v) is 9.70. The maximum atomic E-state index is 11.5. The minimum Gasteiger partial charge on any atom is -0.398 e. The third kappa shape index (κ3) is 2.68. The van der Waals surface area contributed by atoms with E-state index in [0.29, 0.717) is 11.3 Å². The SMILES string of the molecule is Nc1ccc([N+](=O)[O-])cc1Cn1ccc(=O)[nH]c1=O. The van der Waals surface area contributed by atoms with Crippen LogP contribution in [0.15, 0.2) is 40.1 Å². The summed E-state index contributed by atoms with van der Waals surface area (Å²) < 4.78 is 1.21. The van der Waals surface area contributed by atoms with E-state index in [1.54, 1.807) is 0 Å². The summed E-state index contributed by atoms with van der Waals surface area (Å²) in [5.74, 6) is 0. The number of rotatable bonds is 3. The Hall–Kier alpha value is -2.90. The molecule has 19 heavy (non-hydrogen) atoms. The largest absolute Gasteiger partial charge is 0.398 e. The molecule has 0 aliphatic rings. The van der Waals surface area contributed by atoms with Gasteiger partial charge >= 0.3 is 5.69 Å². The first-order valence-corrected chi connectivity index (χ1v) is 5.30. The maximum absolute atomic E-state index is 11.5. The summed E-state index contributed by atoms with van der Waals surface area (Å²) in [6.07, 6.45) is 1.30. The van der Waals surface area contributed by atoms with Gasteiger partial charge < -0.3 is 5.73 Å². The zero-order chi connectivity index (χ0) is 14.0. The Kier molecular flexibility index (Phi) is 3.15. The highest BCUT2D eigenvalue weighted by Gasteiger charge is 2.10. The van der Waals surface area contributed by atoms with Gasteiger partial charge in [-0.25, -0.2) is 4.79 Å². The second-order valence-corrected chi connectivity index (χ2v) is 3.88. The van der Waals surface area contributed by atoms with E-state index in [1.807, 2.05) is 0 Å². The van der Waals surface area contributed by atoms with Crippen LogP contribution in [0.1, 0.15) is 5.56 Å². The van der Waals surface area contributed by atoms with Crippen LogP contribution in [-0.4, -0.2) is 14.5 Å². The second-order valence-electron chi connectivity index (χ2n) is 3.88. The molecule has 8 nitrogen and oxygen atoms in total. The quantitative estimate of drug-likeness (QED) is 0.460. The number of benzene rings is 1. The Morgan fingerprint density at radius 1 is 1.32 bits per heavy atom. The number of nitrogen functional groups attached to an aromatic ring is 1. The molecule has 0 aliphatic heterocycles. The Morgan fingerprint density at radius 3 is 2.68 bits per heavy atom. The number of anilines is 1. The van der Waals surface area contributed by atoms with Crippen molar-refractivity contribution in [3.05, 3.63) is 67.0 Å². The van der Waals surface area contributed by atoms with Gasteiger partial charge in [0.2, 0.25) is 0 Å². The zero-order valence-electron chi connectivity index (χ0n) is 9.70. The lowest BCUT2D eigenvalue weighted by atomic mass is 10.1. The first kappa shape index (κ1) is 12.6. The number of nitrogens with one attached hydrogen (secondary N) is 1. The van der Waals surface area contributed by atoms with Gasteiger partial charge in [-0.15, -0.1) is 0 Å². The van der Waals surface area contributed by atoms with Crippen molar-refractivity contribution >= 4 is 11.4 Å². The normalized spacial score (nSPS) is 10.3. The van der Waals surface area contributed by atoms with Crippen LogP contribution < -0.4 is 17.0 Å². The highest BCUT2D eigenvalue weighted by molar-refractivity contribution is 5.52. The molecular weight excluding hydrogens is 252 g/mol. The van der Waals surface area contributed by atoms with Crippen LogP contribution in [0.5, 0.6) is 0 Å². The lowest BCUT2D eigenvalue weighted by molar-refractivity contribution is -0.384. The molecule has 0 fully saturated rings. The van der Waals surface area contributed by atoms with Crippen LogP contribution in [0.4, 0.5) is 11.4 Å². The Morgan fingerprint density at radius 2 is 2.05 bits per heavy atom. The number of nitrogens with zero attached hydrogens (tertiary/aromatic N) is 2. The molecule has 0 saturated heterocycles. The monoisotopic (exact) mass is 262 g/mol. The van der Waals surface area contributed by atoms with Gasteiger partial charge in [0.15, 0.2) is 0 Å². The highest BCUT2D eigenvalue weighted by Crippen LogP contribution is 2.19. The molecule has 1 aromatic carbocycles. The van der Waals surface area contributed by atoms with Gasteiger partial charge in [0.1, 0.15) is 0 Å². The number of hydrogen-bond acceptors (Lipinski definition) is 5. The van der Waals surface area contributed by atoms with Gasteiger partial charge in [-0.3, -0.25) is 24.5 Å². The average Bonchev–Trinajstić information content (AvgIpc) is 2.34. The predicted molar refractivity (Wildman–Crippen MR) is 67.9 cm³/mol. The number of non-ortho nitro benzene ring substituents is 1. The molecular formula is C11H10N4O4. The minimum atomic E-state index is -0.599. The standard InChI is InChI=1S/C11H10N4O4/c12-9-2-1-8(15(18)19)5-7(9)6-14-4-3-10(16)13-11(14)17/h1-5H,6,12H2,(H,13,16,17). The summed E-state index contributed by atoms with van der Waals surface area (Å²) in [5.41, 5.74) is 5.26. The van der Waals surface area contributed by atoms with Crippen molar-refractivity contribution in [2.45, 2.75) is 6.54 Å². The molecule has 0 aliphatic carbocycles. The van der Waals surface area contributed by atoms with E-state index < -0.39 is 16.2 Å². The number of nitro groups is 1. The molecule has 1 aromatic heterocycles. The predicted octanol–water partition coefficient (Wildman–Crippen LogP) is 0.0753. The van der Waals surface area contributed by atoms with Gasteiger partial charge in [0, 0.05) is 35.6 Å². The molecule has 2 aromatic rings. The lowest BCUT2D eigenvalue weighted by Crippen LogP contribution is -2.29. The van der Waals surface area contributed by atoms with E-state index in [1.165, 1.54) is 35.0 Å². The van der Waals surface area contributed by atoms with E-state index in [0.717, 1.165) is 0 Å². The summed E-state index contributed by atoms with van der Waals surface area (Å²) in [5, 5.41) is 10.7. The summed E-state index contributed by atoms with van der Waals surface area (Å²) >= 11 is 0. The molecule has 0 bridgehead atoms. The van der Waals surface area contributed by atoms with Gasteiger partial charge in [-0.05, 0) is 6.07 Å². The molecule has 0 atom stereocenters. The van der Waals surface area contributed by atoms with E-state index in [2.05, 4.69) is 4.98 Å². The smallest absolute Gasteiger partial charge is 0.328 e. The highest BCUT2D eigenvalue weighted by atomic mass is 16.6. The first-order valence-electron chi connectivity index (χ1n) is 5.30. The molecule has 0 amide bonds. The van der Waals surface area contributed by atoms with E-state index in [-0.39, 0.29) is 12.2 Å². The summed E-state index contributed by atoms with van der Waals surface area (Å²) in [6, 6.07) is 5.18. The fourth-order valence-corrected chi connectivity index (χ4v) is 1.59. The van der Waals surface area contributed by atoms with Crippen molar-refractivity contribution in [3.8, 4) is 0 Å². The van der Waals surface area contributed by atoms with E-state index in [9.17, 15) is 19.7 Å². The molecule has 2 rings (SSSR count). The molecule has 0 unspecified atom stereocenters. The van der Waals surface area contributed by atoms with E-state index in [4.69, 9.17) is 5.73 Å². The Bertz CT molecular complexity index is 747. The molecule has 0 radical (unpaired) electrons. The third-order valence-electron chi connectivity index (χ3n) is 2.57. The number of hydrogen-bond donors (Lipinski definition) is 2. The van der Waals surface area contributed by atoms with Crippen molar-refractivity contribution in [1.29, 1.82) is 0 Å². The average molecular weight is 262 g/mol. The minimum absolute atomic E-state index is 0.0448. The fraction of sp³-hybridized carbons (Fsp3) is 0.0909. The van der Waals surface area contributed by atoms with Gasteiger partial charge in [-0.1, -0.05) is 0 Å². The Labute approximate surface area is 106 Å². The van der Waals surface area contributed by atoms with Crippen molar-refractivity contribution in [2.75, 3.05) is 5.73 Å². The molecule has 98 valence electrons. The lowest BCUT2D eigenvalue weighted by Gasteiger charge is -2.07. The number of aromatic amines is 1.